The SMILES string of the molecule is COC(=O)C1=C(C)NC(C)=C(C(=O)OC)C1COc1c(Cl)cccc1Cl. The molecule has 0 saturated carbocycles. The smallest absolute Gasteiger partial charge is 0.336 e. The van der Waals surface area contributed by atoms with E-state index < -0.39 is 17.9 Å². The van der Waals surface area contributed by atoms with Crippen LogP contribution in [0.5, 0.6) is 5.75 Å². The summed E-state index contributed by atoms with van der Waals surface area (Å²) < 4.78 is 15.5. The van der Waals surface area contributed by atoms with Gasteiger partial charge in [0.25, 0.3) is 0 Å². The number of ether oxygens (including phenoxy) is 3. The van der Waals surface area contributed by atoms with Gasteiger partial charge in [-0.05, 0) is 26.0 Å². The first-order valence-electron chi connectivity index (χ1n) is 7.73. The highest BCUT2D eigenvalue weighted by Crippen LogP contribution is 2.36. The Morgan fingerprint density at radius 3 is 1.88 bits per heavy atom. The molecule has 0 unspecified atom stereocenters. The van der Waals surface area contributed by atoms with Crippen molar-refractivity contribution in [3.8, 4) is 5.75 Å². The fourth-order valence-electron chi connectivity index (χ4n) is 2.85. The zero-order valence-electron chi connectivity index (χ0n) is 14.8. The van der Waals surface area contributed by atoms with E-state index in [2.05, 4.69) is 5.32 Å². The number of benzene rings is 1. The first kappa shape index (κ1) is 20.1. The van der Waals surface area contributed by atoms with Crippen molar-refractivity contribution in [3.63, 3.8) is 0 Å². The Morgan fingerprint density at radius 2 is 1.46 bits per heavy atom. The summed E-state index contributed by atoms with van der Waals surface area (Å²) >= 11 is 12.3. The molecule has 0 spiro atoms. The molecule has 0 fully saturated rings. The first-order chi connectivity index (χ1) is 12.3. The molecule has 1 N–H and O–H groups in total. The second-order valence-electron chi connectivity index (χ2n) is 5.60. The summed E-state index contributed by atoms with van der Waals surface area (Å²) in [6, 6.07) is 4.96. The molecule has 1 aromatic rings. The van der Waals surface area contributed by atoms with Crippen molar-refractivity contribution in [3.05, 3.63) is 50.8 Å². The zero-order chi connectivity index (χ0) is 19.4. The average Bonchev–Trinajstić information content (AvgIpc) is 2.60. The Balaban J connectivity index is 2.44. The van der Waals surface area contributed by atoms with Crippen LogP contribution in [0.2, 0.25) is 10.0 Å². The Morgan fingerprint density at radius 1 is 1.00 bits per heavy atom. The van der Waals surface area contributed by atoms with Crippen molar-refractivity contribution < 1.29 is 23.8 Å². The maximum atomic E-state index is 12.3. The van der Waals surface area contributed by atoms with E-state index in [1.54, 1.807) is 32.0 Å². The van der Waals surface area contributed by atoms with Crippen molar-refractivity contribution in [2.75, 3.05) is 20.8 Å². The number of nitrogens with one attached hydrogen (secondary N) is 1. The quantitative estimate of drug-likeness (QED) is 0.763. The van der Waals surface area contributed by atoms with Crippen molar-refractivity contribution in [1.29, 1.82) is 0 Å². The van der Waals surface area contributed by atoms with Gasteiger partial charge in [0.1, 0.15) is 0 Å². The number of dihydropyridines is 1. The van der Waals surface area contributed by atoms with E-state index in [1.807, 2.05) is 0 Å². The molecule has 1 aliphatic rings. The predicted octanol–water partition coefficient (Wildman–Crippen LogP) is 3.49. The highest BCUT2D eigenvalue weighted by Gasteiger charge is 2.37. The van der Waals surface area contributed by atoms with Crippen molar-refractivity contribution >= 4 is 35.1 Å². The lowest BCUT2D eigenvalue weighted by atomic mass is 9.86. The largest absolute Gasteiger partial charge is 0.489 e. The zero-order valence-corrected chi connectivity index (χ0v) is 16.3. The van der Waals surface area contributed by atoms with Crippen molar-refractivity contribution in [2.45, 2.75) is 13.8 Å². The summed E-state index contributed by atoms with van der Waals surface area (Å²) in [7, 11) is 2.54. The summed E-state index contributed by atoms with van der Waals surface area (Å²) in [5.41, 5.74) is 1.70. The summed E-state index contributed by atoms with van der Waals surface area (Å²) in [4.78, 5) is 24.6. The molecule has 0 aromatic heterocycles. The number of para-hydroxylation sites is 1. The molecule has 1 aliphatic heterocycles. The molecule has 0 amide bonds. The van der Waals surface area contributed by atoms with E-state index in [9.17, 15) is 9.59 Å². The molecule has 8 heteroatoms. The number of methoxy groups -OCH3 is 2. The Hall–Kier alpha value is -2.18. The van der Waals surface area contributed by atoms with Crippen LogP contribution in [0.4, 0.5) is 0 Å². The molecule has 1 heterocycles. The molecule has 0 aliphatic carbocycles. The second kappa shape index (κ2) is 8.47. The van der Waals surface area contributed by atoms with Gasteiger partial charge >= 0.3 is 11.9 Å². The molecule has 6 nitrogen and oxygen atoms in total. The Bertz CT molecular complexity index is 743. The van der Waals surface area contributed by atoms with Crippen LogP contribution in [-0.2, 0) is 19.1 Å². The van der Waals surface area contributed by atoms with E-state index in [4.69, 9.17) is 37.4 Å². The van der Waals surface area contributed by atoms with Crippen molar-refractivity contribution in [2.24, 2.45) is 5.92 Å². The Labute approximate surface area is 161 Å². The number of hydrogen-bond acceptors (Lipinski definition) is 6. The van der Waals surface area contributed by atoms with Crippen LogP contribution in [-0.4, -0.2) is 32.8 Å². The van der Waals surface area contributed by atoms with Gasteiger partial charge in [-0.3, -0.25) is 0 Å². The van der Waals surface area contributed by atoms with Crippen LogP contribution in [0.15, 0.2) is 40.7 Å². The van der Waals surface area contributed by atoms with E-state index in [1.165, 1.54) is 14.2 Å². The monoisotopic (exact) mass is 399 g/mol. The molecule has 0 atom stereocenters. The van der Waals surface area contributed by atoms with Crippen LogP contribution >= 0.6 is 23.2 Å². The number of rotatable bonds is 5. The average molecular weight is 400 g/mol. The standard InChI is InChI=1S/C18H19Cl2NO5/c1-9-14(17(22)24-3)11(15(10(2)21-9)18(23)25-4)8-26-16-12(19)6-5-7-13(16)20/h5-7,11,21H,8H2,1-4H3. The lowest BCUT2D eigenvalue weighted by Crippen LogP contribution is -2.36. The lowest BCUT2D eigenvalue weighted by molar-refractivity contribution is -0.138. The number of allylic oxidation sites excluding steroid dienone is 2. The number of halogens is 2. The van der Waals surface area contributed by atoms with Crippen LogP contribution in [0.25, 0.3) is 0 Å². The predicted molar refractivity (Wildman–Crippen MR) is 98.0 cm³/mol. The van der Waals surface area contributed by atoms with Crippen LogP contribution in [0.3, 0.4) is 0 Å². The number of carbonyl (C=O) groups is 2. The van der Waals surface area contributed by atoms with E-state index in [0.29, 0.717) is 21.4 Å². The summed E-state index contributed by atoms with van der Waals surface area (Å²) in [5, 5.41) is 3.66. The van der Waals surface area contributed by atoms with Gasteiger partial charge in [-0.25, -0.2) is 9.59 Å². The van der Waals surface area contributed by atoms with Gasteiger partial charge in [0.05, 0.1) is 47.9 Å². The van der Waals surface area contributed by atoms with Crippen LogP contribution in [0, 0.1) is 5.92 Å². The minimum absolute atomic E-state index is 0.0469. The number of esters is 2. The maximum absolute atomic E-state index is 12.3. The molecule has 0 saturated heterocycles. The second-order valence-corrected chi connectivity index (χ2v) is 6.41. The minimum Gasteiger partial charge on any atom is -0.489 e. The molecular weight excluding hydrogens is 381 g/mol. The third kappa shape index (κ3) is 3.97. The topological polar surface area (TPSA) is 73.9 Å². The van der Waals surface area contributed by atoms with Gasteiger partial charge in [0.15, 0.2) is 5.75 Å². The lowest BCUT2D eigenvalue weighted by Gasteiger charge is -2.29. The highest BCUT2D eigenvalue weighted by atomic mass is 35.5. The van der Waals surface area contributed by atoms with Gasteiger partial charge in [-0.2, -0.15) is 0 Å². The van der Waals surface area contributed by atoms with E-state index in [-0.39, 0.29) is 23.5 Å². The summed E-state index contributed by atoms with van der Waals surface area (Å²) in [6.45, 7) is 3.40. The van der Waals surface area contributed by atoms with Gasteiger partial charge < -0.3 is 19.5 Å². The molecule has 0 bridgehead atoms. The molecule has 2 rings (SSSR count). The third-order valence-electron chi connectivity index (χ3n) is 4.00. The van der Waals surface area contributed by atoms with Gasteiger partial charge in [0, 0.05) is 11.4 Å². The van der Waals surface area contributed by atoms with E-state index in [0.717, 1.165) is 0 Å². The molecule has 140 valence electrons. The summed E-state index contributed by atoms with van der Waals surface area (Å²) in [6.07, 6.45) is 0. The number of hydrogen-bond donors (Lipinski definition) is 1. The maximum Gasteiger partial charge on any atom is 0.336 e. The fourth-order valence-corrected chi connectivity index (χ4v) is 3.35. The molecule has 0 radical (unpaired) electrons. The molecule has 26 heavy (non-hydrogen) atoms. The van der Waals surface area contributed by atoms with Crippen LogP contribution in [0.1, 0.15) is 13.8 Å². The molecular formula is C18H19Cl2NO5. The van der Waals surface area contributed by atoms with Gasteiger partial charge in [-0.1, -0.05) is 29.3 Å². The third-order valence-corrected chi connectivity index (χ3v) is 4.60. The fraction of sp³-hybridized carbons (Fsp3) is 0.333. The van der Waals surface area contributed by atoms with Crippen molar-refractivity contribution in [1.82, 2.24) is 5.32 Å². The normalized spacial score (nSPS) is 14.8. The Kier molecular flexibility index (Phi) is 6.56. The van der Waals surface area contributed by atoms with E-state index >= 15 is 0 Å². The van der Waals surface area contributed by atoms with Gasteiger partial charge in [0.2, 0.25) is 0 Å². The number of carbonyl (C=O) groups excluding carboxylic acids is 2. The highest BCUT2D eigenvalue weighted by molar-refractivity contribution is 6.37. The first-order valence-corrected chi connectivity index (χ1v) is 8.49. The summed E-state index contributed by atoms with van der Waals surface area (Å²) in [5.74, 6) is -1.56. The van der Waals surface area contributed by atoms with Crippen LogP contribution < -0.4 is 10.1 Å². The van der Waals surface area contributed by atoms with Gasteiger partial charge in [-0.15, -0.1) is 0 Å². The molecule has 1 aromatic carbocycles. The minimum atomic E-state index is -0.705.